The van der Waals surface area contributed by atoms with Gasteiger partial charge in [0.05, 0.1) is 0 Å². The average molecular weight is 204 g/mol. The molecule has 2 bridgehead atoms. The normalized spacial score (nSPS) is 51.5. The molecular weight excluding hydrogens is 180 g/mol. The standard InChI is InChI=1S/C15H24/c1-10-7-8-15-9-12(10)14(3,4)13(15)6-5-11(15)2/h7,11-13H,5-6,8-9H2,1-4H3/t11-,12+,13+,15-/m0/s1. The summed E-state index contributed by atoms with van der Waals surface area (Å²) in [7, 11) is 0. The van der Waals surface area contributed by atoms with Crippen LogP contribution in [-0.4, -0.2) is 0 Å². The Kier molecular flexibility index (Phi) is 1.79. The van der Waals surface area contributed by atoms with Crippen LogP contribution in [0.25, 0.3) is 0 Å². The molecule has 0 aromatic heterocycles. The van der Waals surface area contributed by atoms with E-state index in [-0.39, 0.29) is 0 Å². The largest absolute Gasteiger partial charge is 0.0847 e. The van der Waals surface area contributed by atoms with Gasteiger partial charge in [-0.3, -0.25) is 0 Å². The molecule has 3 aliphatic rings. The maximum atomic E-state index is 2.57. The van der Waals surface area contributed by atoms with Crippen LogP contribution < -0.4 is 0 Å². The lowest BCUT2D eigenvalue weighted by Crippen LogP contribution is -2.30. The lowest BCUT2D eigenvalue weighted by molar-refractivity contribution is 0.128. The van der Waals surface area contributed by atoms with Crippen molar-refractivity contribution in [2.45, 2.75) is 53.4 Å². The van der Waals surface area contributed by atoms with Gasteiger partial charge in [-0.25, -0.2) is 0 Å². The summed E-state index contributed by atoms with van der Waals surface area (Å²) in [5.41, 5.74) is 2.96. The average Bonchev–Trinajstić information content (AvgIpc) is 2.57. The second-order valence-electron chi connectivity index (χ2n) is 6.99. The zero-order valence-corrected chi connectivity index (χ0v) is 10.6. The molecule has 1 spiro atoms. The highest BCUT2D eigenvalue weighted by Crippen LogP contribution is 2.71. The summed E-state index contributed by atoms with van der Waals surface area (Å²) < 4.78 is 0. The van der Waals surface area contributed by atoms with Crippen LogP contribution in [0.15, 0.2) is 11.6 Å². The Hall–Kier alpha value is -0.260. The topological polar surface area (TPSA) is 0 Å². The van der Waals surface area contributed by atoms with Gasteiger partial charge in [0.15, 0.2) is 0 Å². The van der Waals surface area contributed by atoms with E-state index in [0.717, 1.165) is 17.8 Å². The first-order chi connectivity index (χ1) is 6.98. The Morgan fingerprint density at radius 3 is 2.73 bits per heavy atom. The Labute approximate surface area is 94.1 Å². The van der Waals surface area contributed by atoms with E-state index in [9.17, 15) is 0 Å². The van der Waals surface area contributed by atoms with Crippen molar-refractivity contribution in [1.82, 2.24) is 0 Å². The van der Waals surface area contributed by atoms with Crippen molar-refractivity contribution in [3.8, 4) is 0 Å². The van der Waals surface area contributed by atoms with Gasteiger partial charge in [-0.1, -0.05) is 32.4 Å². The molecule has 0 N–H and O–H groups in total. The molecule has 15 heavy (non-hydrogen) atoms. The molecule has 0 amide bonds. The summed E-state index contributed by atoms with van der Waals surface area (Å²) in [5, 5.41) is 0. The first-order valence-corrected chi connectivity index (χ1v) is 6.65. The molecule has 0 heterocycles. The van der Waals surface area contributed by atoms with Crippen molar-refractivity contribution in [2.24, 2.45) is 28.6 Å². The Balaban J connectivity index is 2.11. The highest BCUT2D eigenvalue weighted by molar-refractivity contribution is 5.25. The molecule has 0 saturated heterocycles. The predicted octanol–water partition coefficient (Wildman–Crippen LogP) is 4.42. The minimum Gasteiger partial charge on any atom is -0.0847 e. The monoisotopic (exact) mass is 204 g/mol. The van der Waals surface area contributed by atoms with Gasteiger partial charge in [0, 0.05) is 0 Å². The van der Waals surface area contributed by atoms with Gasteiger partial charge in [-0.05, 0) is 61.2 Å². The molecule has 0 aromatic carbocycles. The van der Waals surface area contributed by atoms with E-state index in [1.165, 1.54) is 25.7 Å². The molecule has 0 aromatic rings. The van der Waals surface area contributed by atoms with Crippen molar-refractivity contribution in [3.05, 3.63) is 11.6 Å². The van der Waals surface area contributed by atoms with Crippen LogP contribution in [0.3, 0.4) is 0 Å². The van der Waals surface area contributed by atoms with Crippen LogP contribution in [0.1, 0.15) is 53.4 Å². The molecule has 2 saturated carbocycles. The van der Waals surface area contributed by atoms with Crippen molar-refractivity contribution in [2.75, 3.05) is 0 Å². The third-order valence-electron chi connectivity index (χ3n) is 6.30. The van der Waals surface area contributed by atoms with E-state index < -0.39 is 0 Å². The number of allylic oxidation sites excluding steroid dienone is 2. The van der Waals surface area contributed by atoms with Crippen molar-refractivity contribution in [3.63, 3.8) is 0 Å². The van der Waals surface area contributed by atoms with E-state index in [1.807, 2.05) is 0 Å². The highest BCUT2D eigenvalue weighted by Gasteiger charge is 2.62. The molecule has 0 nitrogen and oxygen atoms in total. The predicted molar refractivity (Wildman–Crippen MR) is 64.6 cm³/mol. The first-order valence-electron chi connectivity index (χ1n) is 6.65. The van der Waals surface area contributed by atoms with Gasteiger partial charge in [-0.15, -0.1) is 0 Å². The number of fused-ring (bicyclic) bond motifs is 1. The number of rotatable bonds is 0. The molecule has 0 aliphatic heterocycles. The maximum absolute atomic E-state index is 2.57. The Morgan fingerprint density at radius 1 is 1.27 bits per heavy atom. The van der Waals surface area contributed by atoms with Crippen LogP contribution in [0.4, 0.5) is 0 Å². The summed E-state index contributed by atoms with van der Waals surface area (Å²) in [6, 6.07) is 0. The summed E-state index contributed by atoms with van der Waals surface area (Å²) in [6.45, 7) is 9.94. The Morgan fingerprint density at radius 2 is 2.00 bits per heavy atom. The van der Waals surface area contributed by atoms with Gasteiger partial charge < -0.3 is 0 Å². The van der Waals surface area contributed by atoms with E-state index >= 15 is 0 Å². The van der Waals surface area contributed by atoms with Gasteiger partial charge in [0.25, 0.3) is 0 Å². The SMILES string of the molecule is CC1=CC[C@@]23C[C@H]1C(C)(C)[C@H]2CC[C@@H]3C. The molecule has 0 radical (unpaired) electrons. The smallest absolute Gasteiger partial charge is 0.0146 e. The van der Waals surface area contributed by atoms with E-state index in [0.29, 0.717) is 10.8 Å². The molecular formula is C15H24. The minimum absolute atomic E-state index is 0.571. The summed E-state index contributed by atoms with van der Waals surface area (Å²) in [5.74, 6) is 2.86. The van der Waals surface area contributed by atoms with E-state index in [2.05, 4.69) is 33.8 Å². The van der Waals surface area contributed by atoms with Crippen LogP contribution in [-0.2, 0) is 0 Å². The second-order valence-corrected chi connectivity index (χ2v) is 6.99. The summed E-state index contributed by atoms with van der Waals surface area (Å²) >= 11 is 0. The van der Waals surface area contributed by atoms with Gasteiger partial charge >= 0.3 is 0 Å². The fraction of sp³-hybridized carbons (Fsp3) is 0.867. The third kappa shape index (κ3) is 0.990. The van der Waals surface area contributed by atoms with Crippen LogP contribution >= 0.6 is 0 Å². The fourth-order valence-corrected chi connectivity index (χ4v) is 5.35. The van der Waals surface area contributed by atoms with E-state index in [1.54, 1.807) is 5.57 Å². The number of hydrogen-bond donors (Lipinski definition) is 0. The molecule has 0 heteroatoms. The lowest BCUT2D eigenvalue weighted by atomic mass is 9.68. The van der Waals surface area contributed by atoms with Crippen LogP contribution in [0.5, 0.6) is 0 Å². The minimum atomic E-state index is 0.571. The van der Waals surface area contributed by atoms with Crippen LogP contribution in [0, 0.1) is 28.6 Å². The third-order valence-corrected chi connectivity index (χ3v) is 6.30. The van der Waals surface area contributed by atoms with Crippen molar-refractivity contribution in [1.29, 1.82) is 0 Å². The summed E-state index contributed by atoms with van der Waals surface area (Å²) in [4.78, 5) is 0. The van der Waals surface area contributed by atoms with Gasteiger partial charge in [-0.2, -0.15) is 0 Å². The first kappa shape index (κ1) is 9.93. The fourth-order valence-electron chi connectivity index (χ4n) is 5.35. The zero-order valence-electron chi connectivity index (χ0n) is 10.6. The second kappa shape index (κ2) is 2.70. The molecule has 84 valence electrons. The van der Waals surface area contributed by atoms with E-state index in [4.69, 9.17) is 0 Å². The summed E-state index contributed by atoms with van der Waals surface area (Å²) in [6.07, 6.45) is 8.41. The van der Waals surface area contributed by atoms with Crippen molar-refractivity contribution < 1.29 is 0 Å². The maximum Gasteiger partial charge on any atom is -0.0146 e. The van der Waals surface area contributed by atoms with Gasteiger partial charge in [0.2, 0.25) is 0 Å². The Bertz CT molecular complexity index is 323. The molecule has 2 fully saturated rings. The molecule has 3 aliphatic carbocycles. The van der Waals surface area contributed by atoms with Crippen LogP contribution in [0.2, 0.25) is 0 Å². The highest BCUT2D eigenvalue weighted by atomic mass is 14.7. The number of hydrogen-bond acceptors (Lipinski definition) is 0. The van der Waals surface area contributed by atoms with Gasteiger partial charge in [0.1, 0.15) is 0 Å². The quantitative estimate of drug-likeness (QED) is 0.513. The lowest BCUT2D eigenvalue weighted by Gasteiger charge is -2.36. The zero-order chi connectivity index (χ0) is 10.8. The molecule has 0 unspecified atom stereocenters. The molecule has 3 rings (SSSR count). The molecule has 4 atom stereocenters. The van der Waals surface area contributed by atoms with Crippen molar-refractivity contribution >= 4 is 0 Å².